The third-order valence-electron chi connectivity index (χ3n) is 3.08. The van der Waals surface area contributed by atoms with Gasteiger partial charge in [-0.3, -0.25) is 0 Å². The maximum atomic E-state index is 14.1. The first kappa shape index (κ1) is 16.4. The van der Waals surface area contributed by atoms with E-state index in [0.29, 0.717) is 16.5 Å². The van der Waals surface area contributed by atoms with Crippen LogP contribution < -0.4 is 5.32 Å². The van der Waals surface area contributed by atoms with Crippen molar-refractivity contribution in [3.05, 3.63) is 39.6 Å². The van der Waals surface area contributed by atoms with Crippen LogP contribution in [0, 0.1) is 11.7 Å². The van der Waals surface area contributed by atoms with Gasteiger partial charge in [-0.1, -0.05) is 32.4 Å². The number of hydrogen-bond donors (Lipinski definition) is 1. The first-order chi connectivity index (χ1) is 10.0. The molecule has 2 nitrogen and oxygen atoms in total. The Kier molecular flexibility index (Phi) is 5.73. The Morgan fingerprint density at radius 3 is 2.76 bits per heavy atom. The molecule has 2 rings (SSSR count). The van der Waals surface area contributed by atoms with Crippen LogP contribution in [0.15, 0.2) is 18.2 Å². The maximum absolute atomic E-state index is 14.1. The monoisotopic (exact) mass is 326 g/mol. The van der Waals surface area contributed by atoms with Crippen LogP contribution in [0.3, 0.4) is 0 Å². The third-order valence-corrected chi connectivity index (χ3v) is 4.44. The molecule has 5 heteroatoms. The predicted molar refractivity (Wildman–Crippen MR) is 88.4 cm³/mol. The number of rotatable bonds is 6. The maximum Gasteiger partial charge on any atom is 0.134 e. The highest BCUT2D eigenvalue weighted by Gasteiger charge is 2.16. The van der Waals surface area contributed by atoms with Gasteiger partial charge in [0, 0.05) is 22.0 Å². The van der Waals surface area contributed by atoms with Crippen LogP contribution in [-0.2, 0) is 13.0 Å². The number of nitrogens with zero attached hydrogens (tertiary/aromatic N) is 1. The Balaban J connectivity index is 2.37. The number of thiazole rings is 1. The largest absolute Gasteiger partial charge is 0.312 e. The smallest absolute Gasteiger partial charge is 0.134 e. The summed E-state index contributed by atoms with van der Waals surface area (Å²) in [5.74, 6) is 0.206. The Bertz CT molecular complexity index is 610. The van der Waals surface area contributed by atoms with Crippen LogP contribution >= 0.6 is 22.9 Å². The summed E-state index contributed by atoms with van der Waals surface area (Å²) in [6.45, 7) is 8.09. The second kappa shape index (κ2) is 7.34. The predicted octanol–water partition coefficient (Wildman–Crippen LogP) is 4.91. The average molecular weight is 327 g/mol. The van der Waals surface area contributed by atoms with E-state index in [0.717, 1.165) is 30.2 Å². The molecule has 0 atom stereocenters. The number of hydrogen-bond acceptors (Lipinski definition) is 3. The molecule has 0 unspecified atom stereocenters. The van der Waals surface area contributed by atoms with E-state index < -0.39 is 0 Å². The number of benzene rings is 1. The van der Waals surface area contributed by atoms with E-state index >= 15 is 0 Å². The van der Waals surface area contributed by atoms with Crippen molar-refractivity contribution in [3.63, 3.8) is 0 Å². The zero-order chi connectivity index (χ0) is 15.4. The van der Waals surface area contributed by atoms with Crippen molar-refractivity contribution in [3.8, 4) is 10.6 Å². The van der Waals surface area contributed by atoms with Crippen molar-refractivity contribution < 1.29 is 4.39 Å². The molecule has 0 aliphatic heterocycles. The van der Waals surface area contributed by atoms with Gasteiger partial charge in [0.1, 0.15) is 10.8 Å². The van der Waals surface area contributed by atoms with Crippen LogP contribution in [0.4, 0.5) is 4.39 Å². The summed E-state index contributed by atoms with van der Waals surface area (Å²) in [7, 11) is 0. The normalized spacial score (nSPS) is 11.3. The molecule has 114 valence electrons. The summed E-state index contributed by atoms with van der Waals surface area (Å²) in [6.07, 6.45) is 0.909. The van der Waals surface area contributed by atoms with Gasteiger partial charge in [0.2, 0.25) is 0 Å². The lowest BCUT2D eigenvalue weighted by Crippen LogP contribution is -2.12. The fourth-order valence-electron chi connectivity index (χ4n) is 2.08. The Labute approximate surface area is 134 Å². The van der Waals surface area contributed by atoms with Gasteiger partial charge in [0.15, 0.2) is 0 Å². The topological polar surface area (TPSA) is 24.9 Å². The summed E-state index contributed by atoms with van der Waals surface area (Å²) < 4.78 is 14.1. The van der Waals surface area contributed by atoms with Crippen molar-refractivity contribution in [2.45, 2.75) is 33.7 Å². The van der Waals surface area contributed by atoms with Gasteiger partial charge in [0.25, 0.3) is 0 Å². The number of nitrogens with one attached hydrogen (secondary N) is 1. The van der Waals surface area contributed by atoms with Crippen molar-refractivity contribution >= 4 is 22.9 Å². The molecule has 0 saturated heterocycles. The minimum absolute atomic E-state index is 0.317. The van der Waals surface area contributed by atoms with Gasteiger partial charge in [-0.15, -0.1) is 11.3 Å². The second-order valence-electron chi connectivity index (χ2n) is 5.39. The molecule has 2 aromatic rings. The summed E-state index contributed by atoms with van der Waals surface area (Å²) in [4.78, 5) is 5.85. The van der Waals surface area contributed by atoms with Gasteiger partial charge in [0.05, 0.1) is 5.69 Å². The summed E-state index contributed by atoms with van der Waals surface area (Å²) in [6, 6.07) is 4.74. The fourth-order valence-corrected chi connectivity index (χ4v) is 3.33. The van der Waals surface area contributed by atoms with Gasteiger partial charge in [-0.25, -0.2) is 9.37 Å². The first-order valence-corrected chi connectivity index (χ1v) is 8.35. The highest BCUT2D eigenvalue weighted by molar-refractivity contribution is 7.15. The van der Waals surface area contributed by atoms with Crippen LogP contribution in [0.2, 0.25) is 5.02 Å². The molecule has 0 fully saturated rings. The first-order valence-electron chi connectivity index (χ1n) is 7.16. The fraction of sp³-hybridized carbons (Fsp3) is 0.438. The summed E-state index contributed by atoms with van der Waals surface area (Å²) in [5.41, 5.74) is 1.59. The van der Waals surface area contributed by atoms with Crippen molar-refractivity contribution in [2.75, 3.05) is 6.54 Å². The van der Waals surface area contributed by atoms with E-state index in [2.05, 4.69) is 31.1 Å². The molecular formula is C16H20ClFN2S. The van der Waals surface area contributed by atoms with Crippen molar-refractivity contribution in [2.24, 2.45) is 5.92 Å². The molecule has 0 spiro atoms. The van der Waals surface area contributed by atoms with E-state index in [9.17, 15) is 4.39 Å². The van der Waals surface area contributed by atoms with Crippen LogP contribution in [-0.4, -0.2) is 11.5 Å². The Hall–Kier alpha value is -0.970. The van der Waals surface area contributed by atoms with Gasteiger partial charge in [-0.05, 0) is 37.1 Å². The van der Waals surface area contributed by atoms with Crippen LogP contribution in [0.1, 0.15) is 31.3 Å². The lowest BCUT2D eigenvalue weighted by Gasteiger charge is -2.04. The van der Waals surface area contributed by atoms with E-state index in [1.54, 1.807) is 23.5 Å². The molecule has 0 radical (unpaired) electrons. The standard InChI is InChI=1S/C16H20ClFN2S/c1-4-19-9-15-14(7-10(2)3)20-16(21-15)12-6-5-11(17)8-13(12)18/h5-6,8,10,19H,4,7,9H2,1-3H3. The Morgan fingerprint density at radius 2 is 2.14 bits per heavy atom. The third kappa shape index (κ3) is 4.25. The van der Waals surface area contributed by atoms with Gasteiger partial charge >= 0.3 is 0 Å². The molecule has 0 amide bonds. The summed E-state index contributed by atoms with van der Waals surface area (Å²) >= 11 is 7.37. The van der Waals surface area contributed by atoms with E-state index in [4.69, 9.17) is 11.6 Å². The van der Waals surface area contributed by atoms with E-state index in [-0.39, 0.29) is 5.82 Å². The molecule has 1 heterocycles. The minimum Gasteiger partial charge on any atom is -0.312 e. The lowest BCUT2D eigenvalue weighted by molar-refractivity contribution is 0.625. The molecule has 21 heavy (non-hydrogen) atoms. The summed E-state index contributed by atoms with van der Waals surface area (Å²) in [5, 5.41) is 4.46. The van der Waals surface area contributed by atoms with E-state index in [1.165, 1.54) is 10.9 Å². The molecular weight excluding hydrogens is 307 g/mol. The zero-order valence-corrected chi connectivity index (χ0v) is 14.1. The minimum atomic E-state index is -0.317. The molecule has 0 aliphatic carbocycles. The van der Waals surface area contributed by atoms with Gasteiger partial charge < -0.3 is 5.32 Å². The molecule has 1 aromatic heterocycles. The molecule has 0 saturated carbocycles. The number of halogens is 2. The average Bonchev–Trinajstić information content (AvgIpc) is 2.78. The number of aromatic nitrogens is 1. The quantitative estimate of drug-likeness (QED) is 0.815. The molecule has 1 aromatic carbocycles. The second-order valence-corrected chi connectivity index (χ2v) is 6.91. The molecule has 1 N–H and O–H groups in total. The molecule has 0 aliphatic rings. The highest BCUT2D eigenvalue weighted by atomic mass is 35.5. The lowest BCUT2D eigenvalue weighted by atomic mass is 10.1. The van der Waals surface area contributed by atoms with Crippen LogP contribution in [0.25, 0.3) is 10.6 Å². The van der Waals surface area contributed by atoms with Gasteiger partial charge in [-0.2, -0.15) is 0 Å². The highest BCUT2D eigenvalue weighted by Crippen LogP contribution is 2.32. The zero-order valence-electron chi connectivity index (χ0n) is 12.5. The van der Waals surface area contributed by atoms with Crippen molar-refractivity contribution in [1.29, 1.82) is 0 Å². The van der Waals surface area contributed by atoms with Crippen LogP contribution in [0.5, 0.6) is 0 Å². The molecule has 0 bridgehead atoms. The Morgan fingerprint density at radius 1 is 1.38 bits per heavy atom. The SMILES string of the molecule is CCNCc1sc(-c2ccc(Cl)cc2F)nc1CC(C)C. The van der Waals surface area contributed by atoms with E-state index in [1.807, 2.05) is 0 Å². The van der Waals surface area contributed by atoms with Crippen molar-refractivity contribution in [1.82, 2.24) is 10.3 Å².